The molecule has 17 N–H and O–H groups in total. The van der Waals surface area contributed by atoms with E-state index in [0.717, 1.165) is 6.92 Å². The van der Waals surface area contributed by atoms with Gasteiger partial charge in [-0.1, -0.05) is 27.7 Å². The molecule has 11 atom stereocenters. The molecule has 532 valence electrons. The van der Waals surface area contributed by atoms with Crippen molar-refractivity contribution in [2.45, 2.75) is 259 Å². The van der Waals surface area contributed by atoms with Crippen LogP contribution in [0.25, 0.3) is 0 Å². The minimum absolute atomic E-state index is 0.0607. The zero-order valence-electron chi connectivity index (χ0n) is 57.4. The Morgan fingerprint density at radius 3 is 1.13 bits per heavy atom. The van der Waals surface area contributed by atoms with Crippen LogP contribution < -0.4 is 74.9 Å². The van der Waals surface area contributed by atoms with E-state index >= 15 is 0 Å². The predicted octanol–water partition coefficient (Wildman–Crippen LogP) is -0.775. The van der Waals surface area contributed by atoms with E-state index in [1.165, 1.54) is 6.92 Å². The van der Waals surface area contributed by atoms with Crippen molar-refractivity contribution < 1.29 is 91.5 Å². The third-order valence-corrected chi connectivity index (χ3v) is 12.9. The van der Waals surface area contributed by atoms with Crippen LogP contribution in [0.1, 0.15) is 170 Å². The van der Waals surface area contributed by atoms with Crippen molar-refractivity contribution in [1.29, 1.82) is 0 Å². The number of ether oxygens (including phenoxy) is 4. The summed E-state index contributed by atoms with van der Waals surface area (Å²) in [7, 11) is 0. The SMILES string of the molecule is CC(C)C[C@@H]1NC(=O)[C@@H](CC(C)C)NC(=O)[C@H](CCNC(=O)OC(C)(C)C)NC(=O)[C@@H](NC(=O)[C@H](CCNC(=O)OC(C)(C)C)NC(=O)[C@@H](N)C(C)O)CCNC(=O)[C@H](C(C)O)NC(=O)[C@H](CCNC(=O)OC(C)(C)C)NC(=O)[C@H](CCNC(=O)OC(C)(C)C)NC1=O. The number of hydrogen-bond acceptors (Lipinski definition) is 20. The van der Waals surface area contributed by atoms with Gasteiger partial charge in [0.15, 0.2) is 0 Å². The Balaban J connectivity index is 4.32. The van der Waals surface area contributed by atoms with Gasteiger partial charge in [-0.05, 0) is 154 Å². The van der Waals surface area contributed by atoms with E-state index in [9.17, 15) is 72.5 Å². The van der Waals surface area contributed by atoms with E-state index in [2.05, 4.69) is 69.1 Å². The van der Waals surface area contributed by atoms with Gasteiger partial charge >= 0.3 is 24.4 Å². The van der Waals surface area contributed by atoms with Crippen LogP contribution in [-0.4, -0.2) is 209 Å². The number of carbonyl (C=O) groups excluding carboxylic acids is 13. The molecule has 0 saturated carbocycles. The molecule has 1 rings (SSSR count). The predicted molar refractivity (Wildman–Crippen MR) is 339 cm³/mol. The van der Waals surface area contributed by atoms with Crippen LogP contribution in [0.2, 0.25) is 0 Å². The van der Waals surface area contributed by atoms with E-state index in [-0.39, 0.29) is 63.7 Å². The summed E-state index contributed by atoms with van der Waals surface area (Å²) in [6, 6.07) is -14.7. The lowest BCUT2D eigenvalue weighted by Crippen LogP contribution is -2.61. The number of aliphatic hydroxyl groups is 2. The van der Waals surface area contributed by atoms with Gasteiger partial charge in [-0.25, -0.2) is 19.2 Å². The average Bonchev–Trinajstić information content (AvgIpc) is 1.72. The first-order valence-corrected chi connectivity index (χ1v) is 31.4. The number of carbonyl (C=O) groups is 13. The van der Waals surface area contributed by atoms with E-state index in [1.54, 1.807) is 111 Å². The van der Waals surface area contributed by atoms with Crippen LogP contribution in [0.15, 0.2) is 0 Å². The van der Waals surface area contributed by atoms with E-state index in [4.69, 9.17) is 24.7 Å². The highest BCUT2D eigenvalue weighted by Crippen LogP contribution is 2.14. The normalized spacial score (nSPS) is 21.8. The average molecular weight is 1330 g/mol. The Morgan fingerprint density at radius 2 is 0.796 bits per heavy atom. The molecule has 1 saturated heterocycles. The lowest BCUT2D eigenvalue weighted by Gasteiger charge is -2.29. The summed E-state index contributed by atoms with van der Waals surface area (Å²) in [4.78, 5) is 181. The molecule has 1 aliphatic heterocycles. The van der Waals surface area contributed by atoms with Crippen molar-refractivity contribution in [3.8, 4) is 0 Å². The molecule has 1 fully saturated rings. The fourth-order valence-electron chi connectivity index (χ4n) is 8.51. The maximum atomic E-state index is 14.8. The highest BCUT2D eigenvalue weighted by molar-refractivity contribution is 5.98. The van der Waals surface area contributed by atoms with Crippen molar-refractivity contribution in [3.05, 3.63) is 0 Å². The standard InChI is InChI=1S/C60H108N14O19/c1-31(2)29-40-49(82)70-36(20-25-63-53(86)90-57(7,8)9)45(78)69-39(23-28-66-56(89)93-60(16,17)18)48(81)74-43(34(6)76)52(85)62-24-19-35(67-46(79)38(71-51(84)42(61)33(5)75)22-27-65-55(88)92-59(13,14)15)44(77)68-37(21-26-64-54(87)91-58(10,11)12)47(80)72-41(30-32(3)4)50(83)73-40/h31-43,75-76H,19-30,61H2,1-18H3,(H,62,85)(H,63,86)(H,64,87)(H,65,88)(H,66,89)(H,67,79)(H,68,77)(H,69,78)(H,70,82)(H,71,84)(H,72,80)(H,73,83)(H,74,81)/t33?,34?,35-,36-,37-,38-,39-,40-,41+,42-,43-/m0/s1. The first kappa shape index (κ1) is 83.2. The second kappa shape index (κ2) is 38.4. The maximum Gasteiger partial charge on any atom is 0.407 e. The molecule has 0 spiro atoms. The zero-order valence-corrected chi connectivity index (χ0v) is 57.4. The highest BCUT2D eigenvalue weighted by atomic mass is 16.6. The van der Waals surface area contributed by atoms with Gasteiger partial charge in [0, 0.05) is 32.7 Å². The van der Waals surface area contributed by atoms with Gasteiger partial charge in [-0.15, -0.1) is 0 Å². The summed E-state index contributed by atoms with van der Waals surface area (Å²) in [6.45, 7) is 26.7. The summed E-state index contributed by atoms with van der Waals surface area (Å²) in [5, 5.41) is 54.0. The quantitative estimate of drug-likeness (QED) is 0.0592. The summed E-state index contributed by atoms with van der Waals surface area (Å²) in [6.07, 6.45) is -8.94. The molecule has 1 aliphatic rings. The van der Waals surface area contributed by atoms with Gasteiger partial charge in [0.2, 0.25) is 53.2 Å². The Kier molecular flexibility index (Phi) is 34.3. The van der Waals surface area contributed by atoms with Gasteiger partial charge in [0.1, 0.15) is 76.8 Å². The smallest absolute Gasteiger partial charge is 0.407 e. The van der Waals surface area contributed by atoms with Crippen LogP contribution >= 0.6 is 0 Å². The van der Waals surface area contributed by atoms with Crippen LogP contribution in [-0.2, 0) is 62.1 Å². The zero-order chi connectivity index (χ0) is 71.5. The summed E-state index contributed by atoms with van der Waals surface area (Å²) in [5.41, 5.74) is 2.14. The Morgan fingerprint density at radius 1 is 0.473 bits per heavy atom. The van der Waals surface area contributed by atoms with E-state index in [0.29, 0.717) is 0 Å². The lowest BCUT2D eigenvalue weighted by atomic mass is 9.99. The molecule has 0 aliphatic carbocycles. The Bertz CT molecular complexity index is 2540. The molecule has 2 unspecified atom stereocenters. The number of rotatable bonds is 22. The third kappa shape index (κ3) is 35.7. The van der Waals surface area contributed by atoms with Crippen LogP contribution in [0.5, 0.6) is 0 Å². The Hall–Kier alpha value is -7.81. The van der Waals surface area contributed by atoms with Crippen LogP contribution in [0.3, 0.4) is 0 Å². The minimum atomic E-state index is -1.84. The molecule has 0 aromatic carbocycles. The second-order valence-corrected chi connectivity index (χ2v) is 27.6. The summed E-state index contributed by atoms with van der Waals surface area (Å²) >= 11 is 0. The topological polar surface area (TPSA) is 482 Å². The first-order chi connectivity index (χ1) is 42.7. The van der Waals surface area contributed by atoms with E-state index in [1.807, 2.05) is 0 Å². The molecular formula is C60H108N14O19. The van der Waals surface area contributed by atoms with E-state index < -0.39 is 192 Å². The number of hydrogen-bond donors (Lipinski definition) is 16. The molecule has 0 aromatic heterocycles. The van der Waals surface area contributed by atoms with Crippen molar-refractivity contribution in [2.75, 3.05) is 32.7 Å². The molecular weight excluding hydrogens is 1220 g/mol. The van der Waals surface area contributed by atoms with Gasteiger partial charge in [0.05, 0.1) is 12.2 Å². The van der Waals surface area contributed by atoms with Crippen molar-refractivity contribution in [2.24, 2.45) is 17.6 Å². The number of amides is 13. The van der Waals surface area contributed by atoms with Crippen molar-refractivity contribution in [1.82, 2.24) is 69.1 Å². The maximum absolute atomic E-state index is 14.8. The number of nitrogens with two attached hydrogens (primary N) is 1. The molecule has 33 nitrogen and oxygen atoms in total. The van der Waals surface area contributed by atoms with Crippen molar-refractivity contribution in [3.63, 3.8) is 0 Å². The molecule has 1 heterocycles. The number of aliphatic hydroxyl groups excluding tert-OH is 2. The lowest BCUT2D eigenvalue weighted by molar-refractivity contribution is -0.136. The van der Waals surface area contributed by atoms with Gasteiger partial charge < -0.3 is 104 Å². The highest BCUT2D eigenvalue weighted by Gasteiger charge is 2.38. The fourth-order valence-corrected chi connectivity index (χ4v) is 8.51. The van der Waals surface area contributed by atoms with Gasteiger partial charge in [-0.2, -0.15) is 0 Å². The number of nitrogens with one attached hydrogen (secondary N) is 13. The second-order valence-electron chi connectivity index (χ2n) is 27.6. The monoisotopic (exact) mass is 1330 g/mol. The molecule has 33 heteroatoms. The minimum Gasteiger partial charge on any atom is -0.444 e. The number of alkyl carbamates (subject to hydrolysis) is 4. The third-order valence-electron chi connectivity index (χ3n) is 12.9. The largest absolute Gasteiger partial charge is 0.444 e. The molecule has 13 amide bonds. The van der Waals surface area contributed by atoms with Crippen LogP contribution in [0.4, 0.5) is 19.2 Å². The molecule has 93 heavy (non-hydrogen) atoms. The van der Waals surface area contributed by atoms with Gasteiger partial charge in [0.25, 0.3) is 0 Å². The molecule has 0 radical (unpaired) electrons. The first-order valence-electron chi connectivity index (χ1n) is 31.4. The summed E-state index contributed by atoms with van der Waals surface area (Å²) < 4.78 is 21.3. The fraction of sp³-hybridized carbons (Fsp3) is 0.783. The summed E-state index contributed by atoms with van der Waals surface area (Å²) in [5.74, 6) is -9.96. The molecule has 0 aromatic rings. The van der Waals surface area contributed by atoms with Crippen molar-refractivity contribution >= 4 is 77.5 Å². The molecule has 0 bridgehead atoms. The van der Waals surface area contributed by atoms with Gasteiger partial charge in [-0.3, -0.25) is 43.2 Å². The Labute approximate surface area is 545 Å². The van der Waals surface area contributed by atoms with Crippen LogP contribution in [0, 0.1) is 11.8 Å².